The zero-order valence-corrected chi connectivity index (χ0v) is 10.9. The van der Waals surface area contributed by atoms with Gasteiger partial charge >= 0.3 is 0 Å². The van der Waals surface area contributed by atoms with E-state index in [1.165, 1.54) is 45.9 Å². The van der Waals surface area contributed by atoms with Gasteiger partial charge in [-0.2, -0.15) is 0 Å². The van der Waals surface area contributed by atoms with Crippen LogP contribution in [-0.2, 0) is 6.42 Å². The van der Waals surface area contributed by atoms with Crippen molar-refractivity contribution in [2.24, 2.45) is 0 Å². The Morgan fingerprint density at radius 2 is 2.06 bits per heavy atom. The number of hydrogen-bond acceptors (Lipinski definition) is 4. The molecule has 0 amide bonds. The Labute approximate surface area is 107 Å². The lowest BCUT2D eigenvalue weighted by Crippen LogP contribution is -2.27. The molecular formula is C13H21N3O2. The van der Waals surface area contributed by atoms with E-state index >= 15 is 0 Å². The third-order valence-electron chi connectivity index (χ3n) is 3.35. The molecule has 1 aliphatic heterocycles. The summed E-state index contributed by atoms with van der Waals surface area (Å²) in [5, 5.41) is 0. The molecule has 0 aliphatic carbocycles. The molecule has 1 N–H and O–H groups in total. The summed E-state index contributed by atoms with van der Waals surface area (Å²) in [6.45, 7) is 3.31. The number of rotatable bonds is 4. The molecule has 0 radical (unpaired) electrons. The predicted octanol–water partition coefficient (Wildman–Crippen LogP) is 1.20. The van der Waals surface area contributed by atoms with E-state index in [2.05, 4.69) is 14.9 Å². The van der Waals surface area contributed by atoms with Crippen LogP contribution in [0.5, 0.6) is 6.01 Å². The monoisotopic (exact) mass is 251 g/mol. The summed E-state index contributed by atoms with van der Waals surface area (Å²) in [6, 6.07) is 1.86. The molecule has 1 saturated heterocycles. The Balaban J connectivity index is 1.92. The summed E-state index contributed by atoms with van der Waals surface area (Å²) < 4.78 is 4.97. The van der Waals surface area contributed by atoms with Gasteiger partial charge in [-0.15, -0.1) is 0 Å². The molecule has 100 valence electrons. The van der Waals surface area contributed by atoms with Crippen LogP contribution >= 0.6 is 0 Å². The molecule has 1 fully saturated rings. The van der Waals surface area contributed by atoms with Crippen molar-refractivity contribution in [2.45, 2.75) is 32.1 Å². The summed E-state index contributed by atoms with van der Waals surface area (Å²) in [4.78, 5) is 20.6. The molecule has 0 atom stereocenters. The van der Waals surface area contributed by atoms with Gasteiger partial charge in [-0.05, 0) is 25.9 Å². The number of aromatic amines is 1. The van der Waals surface area contributed by atoms with Crippen LogP contribution in [0.4, 0.5) is 0 Å². The van der Waals surface area contributed by atoms with Crippen molar-refractivity contribution in [1.29, 1.82) is 0 Å². The quantitative estimate of drug-likeness (QED) is 0.873. The summed E-state index contributed by atoms with van der Waals surface area (Å²) >= 11 is 0. The zero-order chi connectivity index (χ0) is 12.8. The van der Waals surface area contributed by atoms with E-state index in [1.54, 1.807) is 6.07 Å². The van der Waals surface area contributed by atoms with Crippen molar-refractivity contribution in [3.05, 3.63) is 22.1 Å². The summed E-state index contributed by atoms with van der Waals surface area (Å²) in [5.74, 6) is 0. The van der Waals surface area contributed by atoms with E-state index in [4.69, 9.17) is 4.74 Å². The minimum atomic E-state index is -0.146. The van der Waals surface area contributed by atoms with Crippen molar-refractivity contribution in [2.75, 3.05) is 26.7 Å². The Kier molecular flexibility index (Phi) is 4.75. The minimum absolute atomic E-state index is 0.146. The topological polar surface area (TPSA) is 58.2 Å². The maximum atomic E-state index is 11.4. The van der Waals surface area contributed by atoms with Gasteiger partial charge in [-0.1, -0.05) is 12.8 Å². The average Bonchev–Trinajstić information content (AvgIpc) is 2.64. The first-order valence-corrected chi connectivity index (χ1v) is 6.64. The van der Waals surface area contributed by atoms with Crippen molar-refractivity contribution in [1.82, 2.24) is 14.9 Å². The smallest absolute Gasteiger partial charge is 0.296 e. The fourth-order valence-corrected chi connectivity index (χ4v) is 2.34. The van der Waals surface area contributed by atoms with Gasteiger partial charge < -0.3 is 9.64 Å². The Hall–Kier alpha value is -1.36. The lowest BCUT2D eigenvalue weighted by Gasteiger charge is -2.19. The Morgan fingerprint density at radius 3 is 2.72 bits per heavy atom. The fraction of sp³-hybridized carbons (Fsp3) is 0.692. The maximum Gasteiger partial charge on any atom is 0.296 e. The van der Waals surface area contributed by atoms with Crippen LogP contribution in [0.15, 0.2) is 10.9 Å². The number of aromatic nitrogens is 2. The molecule has 1 aliphatic rings. The summed E-state index contributed by atoms with van der Waals surface area (Å²) in [7, 11) is 1.51. The van der Waals surface area contributed by atoms with Crippen molar-refractivity contribution >= 4 is 0 Å². The first kappa shape index (κ1) is 13.1. The average molecular weight is 251 g/mol. The summed E-state index contributed by atoms with van der Waals surface area (Å²) in [5.41, 5.74) is 0.660. The SMILES string of the molecule is COc1nc(CCN2CCCCCC2)cc(=O)[nH]1. The number of ether oxygens (including phenoxy) is 1. The second-order valence-electron chi connectivity index (χ2n) is 4.75. The first-order valence-electron chi connectivity index (χ1n) is 6.64. The van der Waals surface area contributed by atoms with E-state index in [-0.39, 0.29) is 5.56 Å². The van der Waals surface area contributed by atoms with Crippen molar-refractivity contribution in [3.8, 4) is 6.01 Å². The van der Waals surface area contributed by atoms with E-state index < -0.39 is 0 Å². The highest BCUT2D eigenvalue weighted by Crippen LogP contribution is 2.10. The number of hydrogen-bond donors (Lipinski definition) is 1. The van der Waals surface area contributed by atoms with Gasteiger partial charge in [0, 0.05) is 19.0 Å². The van der Waals surface area contributed by atoms with Gasteiger partial charge in [-0.25, -0.2) is 4.98 Å². The van der Waals surface area contributed by atoms with Crippen molar-refractivity contribution in [3.63, 3.8) is 0 Å². The molecule has 1 aromatic heterocycles. The lowest BCUT2D eigenvalue weighted by atomic mass is 10.2. The van der Waals surface area contributed by atoms with E-state index in [1.807, 2.05) is 0 Å². The molecule has 0 saturated carbocycles. The highest BCUT2D eigenvalue weighted by molar-refractivity contribution is 5.06. The van der Waals surface area contributed by atoms with E-state index in [0.717, 1.165) is 18.7 Å². The Bertz CT molecular complexity index is 422. The van der Waals surface area contributed by atoms with Crippen LogP contribution in [-0.4, -0.2) is 41.6 Å². The highest BCUT2D eigenvalue weighted by atomic mass is 16.5. The molecule has 0 unspecified atom stereocenters. The van der Waals surface area contributed by atoms with Crippen molar-refractivity contribution < 1.29 is 4.74 Å². The first-order chi connectivity index (χ1) is 8.78. The van der Waals surface area contributed by atoms with Gasteiger partial charge in [0.15, 0.2) is 0 Å². The second kappa shape index (κ2) is 6.54. The number of likely N-dealkylation sites (tertiary alicyclic amines) is 1. The molecule has 5 nitrogen and oxygen atoms in total. The third kappa shape index (κ3) is 3.84. The molecule has 2 heterocycles. The number of nitrogens with one attached hydrogen (secondary N) is 1. The van der Waals surface area contributed by atoms with Crippen LogP contribution in [0, 0.1) is 0 Å². The minimum Gasteiger partial charge on any atom is -0.468 e. The second-order valence-corrected chi connectivity index (χ2v) is 4.75. The van der Waals surface area contributed by atoms with Crippen LogP contribution in [0.3, 0.4) is 0 Å². The van der Waals surface area contributed by atoms with Gasteiger partial charge in [0.2, 0.25) is 0 Å². The van der Waals surface area contributed by atoms with Crippen LogP contribution in [0.25, 0.3) is 0 Å². The maximum absolute atomic E-state index is 11.4. The van der Waals surface area contributed by atoms with Crippen LogP contribution in [0.1, 0.15) is 31.4 Å². The van der Waals surface area contributed by atoms with Gasteiger partial charge in [0.25, 0.3) is 11.6 Å². The molecule has 2 rings (SSSR count). The molecule has 0 spiro atoms. The van der Waals surface area contributed by atoms with E-state index in [0.29, 0.717) is 6.01 Å². The fourth-order valence-electron chi connectivity index (χ4n) is 2.34. The summed E-state index contributed by atoms with van der Waals surface area (Å²) in [6.07, 6.45) is 6.06. The van der Waals surface area contributed by atoms with Crippen LogP contribution < -0.4 is 10.3 Å². The zero-order valence-electron chi connectivity index (χ0n) is 10.9. The highest BCUT2D eigenvalue weighted by Gasteiger charge is 2.09. The predicted molar refractivity (Wildman–Crippen MR) is 70.0 cm³/mol. The molecule has 1 aromatic rings. The normalized spacial score (nSPS) is 17.4. The number of H-pyrrole nitrogens is 1. The Morgan fingerprint density at radius 1 is 1.33 bits per heavy atom. The van der Waals surface area contributed by atoms with Gasteiger partial charge in [0.05, 0.1) is 12.8 Å². The molecule has 0 aromatic carbocycles. The van der Waals surface area contributed by atoms with E-state index in [9.17, 15) is 4.79 Å². The molecular weight excluding hydrogens is 230 g/mol. The molecule has 5 heteroatoms. The number of nitrogens with zero attached hydrogens (tertiary/aromatic N) is 2. The lowest BCUT2D eigenvalue weighted by molar-refractivity contribution is 0.287. The third-order valence-corrected chi connectivity index (χ3v) is 3.35. The number of methoxy groups -OCH3 is 1. The van der Waals surface area contributed by atoms with Crippen LogP contribution in [0.2, 0.25) is 0 Å². The molecule has 0 bridgehead atoms. The largest absolute Gasteiger partial charge is 0.468 e. The van der Waals surface area contributed by atoms with Gasteiger partial charge in [0.1, 0.15) is 0 Å². The standard InChI is InChI=1S/C13H21N3O2/c1-18-13-14-11(10-12(17)15-13)6-9-16-7-4-2-3-5-8-16/h10H,2-9H2,1H3,(H,14,15,17). The van der Waals surface area contributed by atoms with Gasteiger partial charge in [-0.3, -0.25) is 9.78 Å². The molecule has 18 heavy (non-hydrogen) atoms.